The van der Waals surface area contributed by atoms with Gasteiger partial charge >= 0.3 is 5.97 Å². The normalized spacial score (nSPS) is 20.4. The van der Waals surface area contributed by atoms with Gasteiger partial charge in [0, 0.05) is 70.0 Å². The number of carboxylic acids is 1. The molecule has 8 nitrogen and oxygen atoms in total. The maximum absolute atomic E-state index is 12.2. The fourth-order valence-corrected chi connectivity index (χ4v) is 4.16. The second-order valence-electron chi connectivity index (χ2n) is 8.04. The summed E-state index contributed by atoms with van der Waals surface area (Å²) in [5.41, 5.74) is 0.939. The first-order valence-electron chi connectivity index (χ1n) is 11.2. The summed E-state index contributed by atoms with van der Waals surface area (Å²) >= 11 is 6.06. The quantitative estimate of drug-likeness (QED) is 0.402. The zero-order chi connectivity index (χ0) is 21.9. The minimum absolute atomic E-state index is 0.299. The predicted molar refractivity (Wildman–Crippen MR) is 121 cm³/mol. The summed E-state index contributed by atoms with van der Waals surface area (Å²) in [5, 5.41) is 17.5. The van der Waals surface area contributed by atoms with Crippen LogP contribution in [-0.4, -0.2) is 106 Å². The summed E-state index contributed by atoms with van der Waals surface area (Å²) in [7, 11) is 0. The van der Waals surface area contributed by atoms with E-state index < -0.39 is 11.9 Å². The van der Waals surface area contributed by atoms with Crippen molar-refractivity contribution in [3.63, 3.8) is 0 Å². The van der Waals surface area contributed by atoms with Gasteiger partial charge in [0.2, 0.25) is 0 Å². The number of benzene rings is 1. The molecule has 0 bridgehead atoms. The van der Waals surface area contributed by atoms with Gasteiger partial charge in [0.15, 0.2) is 0 Å². The van der Waals surface area contributed by atoms with Crippen LogP contribution in [0, 0.1) is 5.92 Å². The molecular weight excluding hydrogens is 420 g/mol. The second-order valence-corrected chi connectivity index (χ2v) is 8.48. The summed E-state index contributed by atoms with van der Waals surface area (Å²) in [5.74, 6) is -1.40. The smallest absolute Gasteiger partial charge is 0.309 e. The molecule has 2 aliphatic heterocycles. The summed E-state index contributed by atoms with van der Waals surface area (Å²) in [6.45, 7) is 10.4. The fraction of sp³-hybridized carbons (Fsp3) is 0.682. The molecule has 0 radical (unpaired) electrons. The summed E-state index contributed by atoms with van der Waals surface area (Å²) in [4.78, 5) is 16.9. The van der Waals surface area contributed by atoms with Crippen LogP contribution >= 0.6 is 11.6 Å². The molecule has 2 aliphatic rings. The molecule has 0 amide bonds. The van der Waals surface area contributed by atoms with Gasteiger partial charge in [0.25, 0.3) is 0 Å². The molecule has 2 heterocycles. The van der Waals surface area contributed by atoms with Crippen molar-refractivity contribution < 1.29 is 19.4 Å². The highest BCUT2D eigenvalue weighted by Gasteiger charge is 2.29. The van der Waals surface area contributed by atoms with Crippen molar-refractivity contribution in [1.82, 2.24) is 20.4 Å². The SMILES string of the molecule is O=C(O)C(CNCCN1CCOCC1)C(NCCN1CCOCC1)c1ccc(Cl)cc1. The highest BCUT2D eigenvalue weighted by molar-refractivity contribution is 6.30. The molecule has 2 fully saturated rings. The van der Waals surface area contributed by atoms with Gasteiger partial charge in [0.05, 0.1) is 32.3 Å². The topological polar surface area (TPSA) is 86.3 Å². The van der Waals surface area contributed by atoms with Crippen LogP contribution in [0.1, 0.15) is 11.6 Å². The standard InChI is InChI=1S/C22H35ClN4O4/c23-19-3-1-18(2-4-19)21(25-6-8-27-11-15-31-16-12-27)20(22(28)29)17-24-5-7-26-9-13-30-14-10-26/h1-4,20-21,24-25H,5-17H2,(H,28,29). The van der Waals surface area contributed by atoms with Gasteiger partial charge in [-0.2, -0.15) is 0 Å². The van der Waals surface area contributed by atoms with E-state index in [0.717, 1.165) is 77.8 Å². The molecule has 0 saturated carbocycles. The lowest BCUT2D eigenvalue weighted by atomic mass is 9.92. The van der Waals surface area contributed by atoms with Crippen molar-refractivity contribution in [2.45, 2.75) is 6.04 Å². The number of carbonyl (C=O) groups is 1. The summed E-state index contributed by atoms with van der Waals surface area (Å²) in [6.07, 6.45) is 0. The lowest BCUT2D eigenvalue weighted by Gasteiger charge is -2.30. The molecule has 0 spiro atoms. The minimum Gasteiger partial charge on any atom is -0.481 e. The third kappa shape index (κ3) is 8.31. The van der Waals surface area contributed by atoms with E-state index in [1.165, 1.54) is 0 Å². The molecule has 0 aromatic heterocycles. The Morgan fingerprint density at radius 2 is 1.52 bits per heavy atom. The van der Waals surface area contributed by atoms with Gasteiger partial charge in [-0.3, -0.25) is 14.6 Å². The highest BCUT2D eigenvalue weighted by Crippen LogP contribution is 2.24. The number of hydrogen-bond acceptors (Lipinski definition) is 7. The van der Waals surface area contributed by atoms with Gasteiger partial charge in [-0.1, -0.05) is 23.7 Å². The van der Waals surface area contributed by atoms with Crippen LogP contribution in [0.4, 0.5) is 0 Å². The number of rotatable bonds is 12. The van der Waals surface area contributed by atoms with Crippen molar-refractivity contribution in [2.24, 2.45) is 5.92 Å². The van der Waals surface area contributed by atoms with E-state index in [1.54, 1.807) is 0 Å². The highest BCUT2D eigenvalue weighted by atomic mass is 35.5. The minimum atomic E-state index is -0.808. The Balaban J connectivity index is 1.56. The van der Waals surface area contributed by atoms with E-state index >= 15 is 0 Å². The van der Waals surface area contributed by atoms with E-state index in [-0.39, 0.29) is 6.04 Å². The number of carboxylic acid groups (broad SMARTS) is 1. The lowest BCUT2D eigenvalue weighted by Crippen LogP contribution is -2.45. The molecule has 2 atom stereocenters. The van der Waals surface area contributed by atoms with Crippen LogP contribution in [0.3, 0.4) is 0 Å². The number of morpholine rings is 2. The van der Waals surface area contributed by atoms with Gasteiger partial charge in [-0.15, -0.1) is 0 Å². The number of halogens is 1. The molecular formula is C22H35ClN4O4. The maximum atomic E-state index is 12.2. The average Bonchev–Trinajstić information content (AvgIpc) is 2.79. The summed E-state index contributed by atoms with van der Waals surface area (Å²) in [6, 6.07) is 7.17. The number of hydrogen-bond donors (Lipinski definition) is 3. The molecule has 3 rings (SSSR count). The van der Waals surface area contributed by atoms with Crippen molar-refractivity contribution in [2.75, 3.05) is 85.3 Å². The zero-order valence-electron chi connectivity index (χ0n) is 18.1. The van der Waals surface area contributed by atoms with E-state index in [1.807, 2.05) is 24.3 Å². The molecule has 1 aromatic carbocycles. The van der Waals surface area contributed by atoms with Crippen molar-refractivity contribution in [3.05, 3.63) is 34.9 Å². The molecule has 2 unspecified atom stereocenters. The summed E-state index contributed by atoms with van der Waals surface area (Å²) < 4.78 is 10.8. The Labute approximate surface area is 189 Å². The molecule has 0 aliphatic carbocycles. The first kappa shape index (κ1) is 24.4. The molecule has 2 saturated heterocycles. The van der Waals surface area contributed by atoms with E-state index in [4.69, 9.17) is 21.1 Å². The van der Waals surface area contributed by atoms with Crippen LogP contribution in [0.2, 0.25) is 5.02 Å². The molecule has 31 heavy (non-hydrogen) atoms. The Kier molecular flexibility index (Phi) is 10.5. The average molecular weight is 455 g/mol. The Hall–Kier alpha value is -1.26. The fourth-order valence-electron chi connectivity index (χ4n) is 4.03. The van der Waals surface area contributed by atoms with Gasteiger partial charge in [0.1, 0.15) is 0 Å². The van der Waals surface area contributed by atoms with Crippen LogP contribution in [0.15, 0.2) is 24.3 Å². The van der Waals surface area contributed by atoms with Gasteiger partial charge < -0.3 is 25.2 Å². The molecule has 9 heteroatoms. The number of nitrogens with one attached hydrogen (secondary N) is 2. The number of ether oxygens (including phenoxy) is 2. The third-order valence-corrected chi connectivity index (χ3v) is 6.17. The lowest BCUT2D eigenvalue weighted by molar-refractivity contribution is -0.142. The van der Waals surface area contributed by atoms with Crippen LogP contribution in [0.25, 0.3) is 0 Å². The Morgan fingerprint density at radius 1 is 0.968 bits per heavy atom. The third-order valence-electron chi connectivity index (χ3n) is 5.92. The number of nitrogens with zero attached hydrogens (tertiary/aromatic N) is 2. The second kappa shape index (κ2) is 13.3. The van der Waals surface area contributed by atoms with E-state index in [2.05, 4.69) is 20.4 Å². The first-order valence-corrected chi connectivity index (χ1v) is 11.5. The van der Waals surface area contributed by atoms with Gasteiger partial charge in [-0.25, -0.2) is 0 Å². The van der Waals surface area contributed by atoms with Crippen LogP contribution in [-0.2, 0) is 14.3 Å². The van der Waals surface area contributed by atoms with Crippen LogP contribution in [0.5, 0.6) is 0 Å². The number of aliphatic carboxylic acids is 1. The Morgan fingerprint density at radius 3 is 2.06 bits per heavy atom. The maximum Gasteiger partial charge on any atom is 0.309 e. The van der Waals surface area contributed by atoms with E-state index in [0.29, 0.717) is 18.1 Å². The van der Waals surface area contributed by atoms with Crippen molar-refractivity contribution in [1.29, 1.82) is 0 Å². The van der Waals surface area contributed by atoms with Crippen LogP contribution < -0.4 is 10.6 Å². The monoisotopic (exact) mass is 454 g/mol. The molecule has 3 N–H and O–H groups in total. The zero-order valence-corrected chi connectivity index (χ0v) is 18.9. The first-order chi connectivity index (χ1) is 15.1. The van der Waals surface area contributed by atoms with Crippen molar-refractivity contribution in [3.8, 4) is 0 Å². The van der Waals surface area contributed by atoms with Gasteiger partial charge in [-0.05, 0) is 17.7 Å². The largest absolute Gasteiger partial charge is 0.481 e. The van der Waals surface area contributed by atoms with E-state index in [9.17, 15) is 9.90 Å². The molecule has 1 aromatic rings. The predicted octanol–water partition coefficient (Wildman–Crippen LogP) is 0.926. The molecule has 174 valence electrons. The Bertz CT molecular complexity index is 651. The van der Waals surface area contributed by atoms with Crippen molar-refractivity contribution >= 4 is 17.6 Å².